The molecule has 6 heteroatoms. The van der Waals surface area contributed by atoms with E-state index in [-0.39, 0.29) is 17.8 Å². The van der Waals surface area contributed by atoms with Crippen molar-refractivity contribution < 1.29 is 18.3 Å². The highest BCUT2D eigenvalue weighted by atomic mass is 32.2. The highest BCUT2D eigenvalue weighted by Gasteiger charge is 2.30. The van der Waals surface area contributed by atoms with Gasteiger partial charge in [0.05, 0.1) is 12.3 Å². The molecule has 0 spiro atoms. The van der Waals surface area contributed by atoms with Gasteiger partial charge in [-0.2, -0.15) is 8.78 Å². The fourth-order valence-corrected chi connectivity index (χ4v) is 3.33. The maximum Gasteiger partial charge on any atom is 0.284 e. The third-order valence-electron chi connectivity index (χ3n) is 4.12. The maximum absolute atomic E-state index is 12.1. The van der Waals surface area contributed by atoms with E-state index in [0.29, 0.717) is 24.1 Å². The molecule has 1 fully saturated rings. The zero-order chi connectivity index (χ0) is 15.1. The Balaban J connectivity index is 1.75. The first kappa shape index (κ1) is 16.8. The monoisotopic (exact) mass is 319 g/mol. The summed E-state index contributed by atoms with van der Waals surface area (Å²) in [7, 11) is 0. The van der Waals surface area contributed by atoms with Crippen molar-refractivity contribution in [3.05, 3.63) is 23.7 Å². The summed E-state index contributed by atoms with van der Waals surface area (Å²) in [5.41, 5.74) is -0.000793. The Morgan fingerprint density at radius 3 is 2.62 bits per heavy atom. The van der Waals surface area contributed by atoms with Crippen LogP contribution in [0.1, 0.15) is 43.6 Å². The number of thioether (sulfide) groups is 1. The van der Waals surface area contributed by atoms with Gasteiger partial charge in [0.25, 0.3) is 5.76 Å². The molecule has 21 heavy (non-hydrogen) atoms. The highest BCUT2D eigenvalue weighted by Crippen LogP contribution is 2.35. The average molecular weight is 319 g/mol. The molecule has 1 aliphatic rings. The molecule has 0 radical (unpaired) electrons. The summed E-state index contributed by atoms with van der Waals surface area (Å²) in [6.45, 7) is 1.56. The average Bonchev–Trinajstić information content (AvgIpc) is 2.94. The maximum atomic E-state index is 12.1. The second-order valence-corrected chi connectivity index (χ2v) is 6.74. The molecule has 120 valence electrons. The minimum Gasteiger partial charge on any atom is -0.464 e. The SMILES string of the molecule is OCC1(CNCc2ccc(CSC(F)F)o2)CCCCC1. The van der Waals surface area contributed by atoms with Gasteiger partial charge in [0.1, 0.15) is 11.5 Å². The number of nitrogens with one attached hydrogen (secondary N) is 1. The van der Waals surface area contributed by atoms with Gasteiger partial charge in [0, 0.05) is 18.6 Å². The van der Waals surface area contributed by atoms with Gasteiger partial charge in [-0.1, -0.05) is 31.0 Å². The summed E-state index contributed by atoms with van der Waals surface area (Å²) >= 11 is 0.567. The van der Waals surface area contributed by atoms with Crippen LogP contribution in [-0.2, 0) is 12.3 Å². The second kappa shape index (κ2) is 8.15. The van der Waals surface area contributed by atoms with Crippen LogP contribution in [0.5, 0.6) is 0 Å². The normalized spacial score (nSPS) is 18.3. The Morgan fingerprint density at radius 2 is 1.95 bits per heavy atom. The van der Waals surface area contributed by atoms with Crippen molar-refractivity contribution in [3.63, 3.8) is 0 Å². The lowest BCUT2D eigenvalue weighted by molar-refractivity contribution is 0.0805. The van der Waals surface area contributed by atoms with Crippen LogP contribution in [-0.4, -0.2) is 24.0 Å². The molecule has 1 saturated carbocycles. The van der Waals surface area contributed by atoms with Crippen LogP contribution in [0.15, 0.2) is 16.5 Å². The highest BCUT2D eigenvalue weighted by molar-refractivity contribution is 7.98. The molecule has 0 amide bonds. The van der Waals surface area contributed by atoms with Crippen LogP contribution >= 0.6 is 11.8 Å². The molecule has 1 aliphatic carbocycles. The lowest BCUT2D eigenvalue weighted by Gasteiger charge is -2.35. The van der Waals surface area contributed by atoms with Crippen molar-refractivity contribution in [1.29, 1.82) is 0 Å². The quantitative estimate of drug-likeness (QED) is 0.766. The van der Waals surface area contributed by atoms with Crippen LogP contribution in [0.3, 0.4) is 0 Å². The molecule has 2 rings (SSSR count). The van der Waals surface area contributed by atoms with E-state index in [1.54, 1.807) is 6.07 Å². The van der Waals surface area contributed by atoms with Gasteiger partial charge in [-0.15, -0.1) is 0 Å². The van der Waals surface area contributed by atoms with Gasteiger partial charge in [0.2, 0.25) is 0 Å². The zero-order valence-electron chi connectivity index (χ0n) is 12.1. The fraction of sp³-hybridized carbons (Fsp3) is 0.733. The first-order valence-electron chi connectivity index (χ1n) is 7.42. The summed E-state index contributed by atoms with van der Waals surface area (Å²) in [6.07, 6.45) is 5.73. The van der Waals surface area contributed by atoms with Crippen molar-refractivity contribution >= 4 is 11.8 Å². The smallest absolute Gasteiger partial charge is 0.284 e. The molecular weight excluding hydrogens is 296 g/mol. The fourth-order valence-electron chi connectivity index (χ4n) is 2.88. The summed E-state index contributed by atoms with van der Waals surface area (Å²) in [5.74, 6) is -0.846. The Labute approximate surface area is 128 Å². The van der Waals surface area contributed by atoms with Gasteiger partial charge in [-0.3, -0.25) is 0 Å². The minimum absolute atomic E-state index is 0.000793. The van der Waals surface area contributed by atoms with Crippen molar-refractivity contribution in [2.45, 2.75) is 50.2 Å². The number of halogens is 2. The molecule has 1 aromatic rings. The van der Waals surface area contributed by atoms with Crippen LogP contribution in [0.25, 0.3) is 0 Å². The zero-order valence-corrected chi connectivity index (χ0v) is 12.9. The lowest BCUT2D eigenvalue weighted by Crippen LogP contribution is -2.38. The van der Waals surface area contributed by atoms with Gasteiger partial charge in [-0.25, -0.2) is 0 Å². The molecular formula is C15H23F2NO2S. The molecule has 0 bridgehead atoms. The summed E-state index contributed by atoms with van der Waals surface area (Å²) < 4.78 is 29.7. The van der Waals surface area contributed by atoms with E-state index >= 15 is 0 Å². The number of hydrogen-bond acceptors (Lipinski definition) is 4. The van der Waals surface area contributed by atoms with Crippen molar-refractivity contribution in [1.82, 2.24) is 5.32 Å². The standard InChI is InChI=1S/C15H23F2NO2S/c16-14(17)21-9-13-5-4-12(20-13)8-18-10-15(11-19)6-2-1-3-7-15/h4-5,14,18-19H,1-3,6-11H2. The molecule has 2 N–H and O–H groups in total. The number of rotatable bonds is 8. The van der Waals surface area contributed by atoms with Crippen molar-refractivity contribution in [2.24, 2.45) is 5.41 Å². The van der Waals surface area contributed by atoms with Gasteiger partial charge < -0.3 is 14.8 Å². The van der Waals surface area contributed by atoms with E-state index in [9.17, 15) is 13.9 Å². The van der Waals surface area contributed by atoms with E-state index in [1.807, 2.05) is 6.07 Å². The first-order valence-corrected chi connectivity index (χ1v) is 8.47. The van der Waals surface area contributed by atoms with E-state index in [4.69, 9.17) is 4.42 Å². The Morgan fingerprint density at radius 1 is 1.24 bits per heavy atom. The van der Waals surface area contributed by atoms with Crippen LogP contribution in [0.2, 0.25) is 0 Å². The minimum atomic E-state index is -2.37. The molecule has 0 aliphatic heterocycles. The van der Waals surface area contributed by atoms with Gasteiger partial charge >= 0.3 is 0 Å². The third-order valence-corrected chi connectivity index (χ3v) is 4.82. The van der Waals surface area contributed by atoms with Crippen LogP contribution in [0, 0.1) is 5.41 Å². The second-order valence-electron chi connectivity index (χ2n) is 5.76. The first-order chi connectivity index (χ1) is 10.1. The summed E-state index contributed by atoms with van der Waals surface area (Å²) in [4.78, 5) is 0. The van der Waals surface area contributed by atoms with Gasteiger partial charge in [-0.05, 0) is 25.0 Å². The predicted octanol–water partition coefficient (Wildman–Crippen LogP) is 3.77. The predicted molar refractivity (Wildman–Crippen MR) is 80.3 cm³/mol. The van der Waals surface area contributed by atoms with E-state index in [0.717, 1.165) is 25.1 Å². The topological polar surface area (TPSA) is 45.4 Å². The lowest BCUT2D eigenvalue weighted by atomic mass is 9.74. The van der Waals surface area contributed by atoms with E-state index < -0.39 is 5.76 Å². The molecule has 0 atom stereocenters. The summed E-state index contributed by atoms with van der Waals surface area (Å²) in [5, 5.41) is 13.0. The Kier molecular flexibility index (Phi) is 6.51. The number of aliphatic hydroxyl groups excluding tert-OH is 1. The van der Waals surface area contributed by atoms with E-state index in [2.05, 4.69) is 5.32 Å². The number of alkyl halides is 2. The molecule has 1 heterocycles. The Hall–Kier alpha value is -0.590. The van der Waals surface area contributed by atoms with Crippen LogP contribution in [0.4, 0.5) is 8.78 Å². The summed E-state index contributed by atoms with van der Waals surface area (Å²) in [6, 6.07) is 3.57. The van der Waals surface area contributed by atoms with Crippen molar-refractivity contribution in [3.8, 4) is 0 Å². The largest absolute Gasteiger partial charge is 0.464 e. The van der Waals surface area contributed by atoms with Crippen LogP contribution < -0.4 is 5.32 Å². The third kappa shape index (κ3) is 5.27. The number of aliphatic hydroxyl groups is 1. The number of furan rings is 1. The van der Waals surface area contributed by atoms with Gasteiger partial charge in [0.15, 0.2) is 0 Å². The van der Waals surface area contributed by atoms with E-state index in [1.165, 1.54) is 19.3 Å². The van der Waals surface area contributed by atoms with Crippen molar-refractivity contribution in [2.75, 3.05) is 13.2 Å². The molecule has 0 saturated heterocycles. The molecule has 0 aromatic carbocycles. The molecule has 3 nitrogen and oxygen atoms in total. The number of hydrogen-bond donors (Lipinski definition) is 2. The molecule has 1 aromatic heterocycles. The Bertz CT molecular complexity index is 420. The molecule has 0 unspecified atom stereocenters.